The number of aromatic nitrogens is 4. The van der Waals surface area contributed by atoms with Gasteiger partial charge in [0.05, 0.1) is 17.2 Å². The smallest absolute Gasteiger partial charge is 0.219 e. The van der Waals surface area contributed by atoms with E-state index in [0.717, 1.165) is 45.2 Å². The summed E-state index contributed by atoms with van der Waals surface area (Å²) in [6.45, 7) is 6.04. The average Bonchev–Trinajstić information content (AvgIpc) is 3.21. The van der Waals surface area contributed by atoms with Crippen molar-refractivity contribution >= 4 is 32.7 Å². The summed E-state index contributed by atoms with van der Waals surface area (Å²) in [7, 11) is 0. The van der Waals surface area contributed by atoms with Gasteiger partial charge in [0.2, 0.25) is 5.88 Å². The number of phenolic OH excluding ortho intramolecular Hbond substituents is 1. The lowest BCUT2D eigenvalue weighted by atomic mass is 10.0. The van der Waals surface area contributed by atoms with Crippen LogP contribution in [0.2, 0.25) is 0 Å². The molecule has 0 aliphatic rings. The zero-order chi connectivity index (χ0) is 24.1. The van der Waals surface area contributed by atoms with Crippen LogP contribution in [-0.2, 0) is 6.42 Å². The van der Waals surface area contributed by atoms with E-state index in [4.69, 9.17) is 4.74 Å². The molecule has 0 radical (unpaired) electrons. The van der Waals surface area contributed by atoms with Crippen LogP contribution < -0.4 is 4.74 Å². The molecule has 6 heteroatoms. The molecule has 0 aliphatic carbocycles. The molecule has 0 bridgehead atoms. The maximum absolute atomic E-state index is 10.6. The van der Waals surface area contributed by atoms with Crippen molar-refractivity contribution in [2.45, 2.75) is 27.2 Å². The van der Waals surface area contributed by atoms with E-state index in [9.17, 15) is 5.11 Å². The van der Waals surface area contributed by atoms with E-state index in [1.807, 2.05) is 44.2 Å². The molecule has 0 saturated heterocycles. The van der Waals surface area contributed by atoms with Gasteiger partial charge in [0, 0.05) is 40.7 Å². The Kier molecular flexibility index (Phi) is 4.88. The predicted molar refractivity (Wildman–Crippen MR) is 139 cm³/mol. The third-order valence-electron chi connectivity index (χ3n) is 6.54. The summed E-state index contributed by atoms with van der Waals surface area (Å²) in [5.41, 5.74) is 5.64. The number of para-hydroxylation sites is 1. The zero-order valence-corrected chi connectivity index (χ0v) is 19.8. The first-order chi connectivity index (χ1) is 17.0. The van der Waals surface area contributed by atoms with Crippen LogP contribution in [0.1, 0.15) is 23.6 Å². The highest BCUT2D eigenvalue weighted by atomic mass is 16.5. The number of pyridine rings is 1. The average molecular weight is 461 g/mol. The molecule has 0 amide bonds. The van der Waals surface area contributed by atoms with Gasteiger partial charge in [-0.25, -0.2) is 9.97 Å². The first kappa shape index (κ1) is 21.1. The lowest BCUT2D eigenvalue weighted by Gasteiger charge is -2.12. The molecule has 3 aromatic carbocycles. The number of rotatable bonds is 4. The number of aromatic hydroxyl groups is 1. The third-order valence-corrected chi connectivity index (χ3v) is 6.54. The molecule has 6 rings (SSSR count). The summed E-state index contributed by atoms with van der Waals surface area (Å²) in [6, 6.07) is 18.2. The van der Waals surface area contributed by atoms with Gasteiger partial charge in [0.25, 0.3) is 0 Å². The highest BCUT2D eigenvalue weighted by Crippen LogP contribution is 2.38. The fourth-order valence-corrected chi connectivity index (χ4v) is 4.92. The number of hydrogen-bond acceptors (Lipinski definition) is 5. The van der Waals surface area contributed by atoms with Crippen LogP contribution in [0, 0.1) is 13.8 Å². The number of fused-ring (bicyclic) bond motifs is 4. The Hall–Kier alpha value is -4.45. The second kappa shape index (κ2) is 8.09. The predicted octanol–water partition coefficient (Wildman–Crippen LogP) is 6.80. The van der Waals surface area contributed by atoms with Crippen LogP contribution in [0.5, 0.6) is 17.4 Å². The van der Waals surface area contributed by atoms with Gasteiger partial charge in [-0.3, -0.25) is 9.55 Å². The van der Waals surface area contributed by atoms with E-state index in [0.29, 0.717) is 17.1 Å². The summed E-state index contributed by atoms with van der Waals surface area (Å²) >= 11 is 0. The zero-order valence-electron chi connectivity index (χ0n) is 19.8. The maximum atomic E-state index is 10.6. The van der Waals surface area contributed by atoms with Gasteiger partial charge < -0.3 is 9.84 Å². The molecule has 0 spiro atoms. The van der Waals surface area contributed by atoms with Gasteiger partial charge in [-0.15, -0.1) is 0 Å². The molecule has 35 heavy (non-hydrogen) atoms. The van der Waals surface area contributed by atoms with Crippen LogP contribution in [0.4, 0.5) is 0 Å². The first-order valence-electron chi connectivity index (χ1n) is 11.7. The van der Waals surface area contributed by atoms with Gasteiger partial charge in [0.1, 0.15) is 17.0 Å². The molecule has 172 valence electrons. The highest BCUT2D eigenvalue weighted by Gasteiger charge is 2.18. The van der Waals surface area contributed by atoms with E-state index in [-0.39, 0.29) is 5.75 Å². The SMILES string of the molecule is CCc1cc(Oc2ccc3c(C)cc(C)c(O)c3n2)cc2c1c1ccccc1n2-c1cnccn1. The molecule has 3 heterocycles. The maximum Gasteiger partial charge on any atom is 0.219 e. The fourth-order valence-electron chi connectivity index (χ4n) is 4.92. The molecule has 0 atom stereocenters. The highest BCUT2D eigenvalue weighted by molar-refractivity contribution is 6.11. The lowest BCUT2D eigenvalue weighted by molar-refractivity contribution is 0.459. The minimum Gasteiger partial charge on any atom is -0.505 e. The molecule has 0 fully saturated rings. The molecule has 3 aromatic heterocycles. The minimum atomic E-state index is 0.184. The van der Waals surface area contributed by atoms with Crippen molar-refractivity contribution in [1.29, 1.82) is 0 Å². The fraction of sp³-hybridized carbons (Fsp3) is 0.138. The topological polar surface area (TPSA) is 73.1 Å². The van der Waals surface area contributed by atoms with Gasteiger partial charge in [-0.2, -0.15) is 0 Å². The lowest BCUT2D eigenvalue weighted by Crippen LogP contribution is -1.98. The second-order valence-corrected chi connectivity index (χ2v) is 8.75. The summed E-state index contributed by atoms with van der Waals surface area (Å²) in [6.07, 6.45) is 5.98. The van der Waals surface area contributed by atoms with Crippen molar-refractivity contribution in [2.75, 3.05) is 0 Å². The largest absolute Gasteiger partial charge is 0.505 e. The Labute approximate surface area is 202 Å². The second-order valence-electron chi connectivity index (χ2n) is 8.75. The molecular weight excluding hydrogens is 436 g/mol. The Morgan fingerprint density at radius 1 is 0.914 bits per heavy atom. The minimum absolute atomic E-state index is 0.184. The van der Waals surface area contributed by atoms with E-state index < -0.39 is 0 Å². The third kappa shape index (κ3) is 3.37. The number of nitrogens with zero attached hydrogens (tertiary/aromatic N) is 4. The number of benzene rings is 3. The summed E-state index contributed by atoms with van der Waals surface area (Å²) in [4.78, 5) is 13.5. The summed E-state index contributed by atoms with van der Waals surface area (Å²) in [5.74, 6) is 2.04. The van der Waals surface area contributed by atoms with Crippen LogP contribution in [0.15, 0.2) is 73.2 Å². The van der Waals surface area contributed by atoms with Crippen molar-refractivity contribution in [3.63, 3.8) is 0 Å². The van der Waals surface area contributed by atoms with Crippen LogP contribution >= 0.6 is 0 Å². The molecular formula is C29H24N4O2. The molecule has 6 aromatic rings. The standard InChI is InChI=1S/C29H24N4O2/c1-4-19-14-20(35-26-10-9-21-17(2)13-18(3)29(34)28(21)32-26)15-24-27(19)22-7-5-6-8-23(22)33(24)25-16-30-11-12-31-25/h5-16,34H,4H2,1-3H3. The monoisotopic (exact) mass is 460 g/mol. The Bertz CT molecular complexity index is 1740. The van der Waals surface area contributed by atoms with Gasteiger partial charge in [-0.05, 0) is 55.2 Å². The van der Waals surface area contributed by atoms with Gasteiger partial charge >= 0.3 is 0 Å². The van der Waals surface area contributed by atoms with Crippen molar-refractivity contribution in [1.82, 2.24) is 19.5 Å². The normalized spacial score (nSPS) is 11.5. The van der Waals surface area contributed by atoms with Gasteiger partial charge in [-0.1, -0.05) is 31.2 Å². The van der Waals surface area contributed by atoms with Crippen LogP contribution in [0.3, 0.4) is 0 Å². The molecule has 0 aliphatic heterocycles. The number of ether oxygens (including phenoxy) is 1. The van der Waals surface area contributed by atoms with Crippen molar-refractivity contribution in [2.24, 2.45) is 0 Å². The molecule has 6 nitrogen and oxygen atoms in total. The summed E-state index contributed by atoms with van der Waals surface area (Å²) < 4.78 is 8.41. The van der Waals surface area contributed by atoms with E-state index >= 15 is 0 Å². The Morgan fingerprint density at radius 3 is 2.57 bits per heavy atom. The van der Waals surface area contributed by atoms with Crippen molar-refractivity contribution in [3.05, 3.63) is 89.9 Å². The Morgan fingerprint density at radius 2 is 1.77 bits per heavy atom. The first-order valence-corrected chi connectivity index (χ1v) is 11.7. The Balaban J connectivity index is 1.56. The van der Waals surface area contributed by atoms with Gasteiger partial charge in [0.15, 0.2) is 5.82 Å². The van der Waals surface area contributed by atoms with Crippen molar-refractivity contribution in [3.8, 4) is 23.2 Å². The number of aryl methyl sites for hydroxylation is 3. The van der Waals surface area contributed by atoms with E-state index in [1.165, 1.54) is 10.9 Å². The quantitative estimate of drug-likeness (QED) is 0.313. The number of hydrogen-bond donors (Lipinski definition) is 1. The molecule has 1 N–H and O–H groups in total. The van der Waals surface area contributed by atoms with Crippen LogP contribution in [-0.4, -0.2) is 24.6 Å². The van der Waals surface area contributed by atoms with E-state index in [1.54, 1.807) is 18.6 Å². The summed E-state index contributed by atoms with van der Waals surface area (Å²) in [5, 5.41) is 13.9. The van der Waals surface area contributed by atoms with Crippen LogP contribution in [0.25, 0.3) is 38.5 Å². The van der Waals surface area contributed by atoms with Crippen molar-refractivity contribution < 1.29 is 9.84 Å². The van der Waals surface area contributed by atoms with E-state index in [2.05, 4.69) is 50.7 Å². The molecule has 0 unspecified atom stereocenters. The number of phenols is 1. The molecule has 0 saturated carbocycles.